The van der Waals surface area contributed by atoms with Crippen molar-refractivity contribution in [1.29, 1.82) is 0 Å². The fourth-order valence-corrected chi connectivity index (χ4v) is 2.34. The Kier molecular flexibility index (Phi) is 3.22. The first-order valence-corrected chi connectivity index (χ1v) is 5.80. The highest BCUT2D eigenvalue weighted by Gasteiger charge is 2.13. The van der Waals surface area contributed by atoms with Crippen LogP contribution < -0.4 is 4.74 Å². The highest BCUT2D eigenvalue weighted by Crippen LogP contribution is 2.30. The summed E-state index contributed by atoms with van der Waals surface area (Å²) >= 11 is 1.48. The van der Waals surface area contributed by atoms with Gasteiger partial charge in [-0.1, -0.05) is 6.07 Å². The minimum atomic E-state index is -0.624. The summed E-state index contributed by atoms with van der Waals surface area (Å²) in [5, 5.41) is 12.0. The number of methoxy groups -OCH3 is 1. The Balaban J connectivity index is 2.27. The van der Waals surface area contributed by atoms with E-state index in [9.17, 15) is 5.11 Å². The Morgan fingerprint density at radius 1 is 1.38 bits per heavy atom. The normalized spacial score (nSPS) is 12.4. The van der Waals surface area contributed by atoms with Gasteiger partial charge in [0.25, 0.3) is 0 Å². The highest BCUT2D eigenvalue weighted by molar-refractivity contribution is 7.10. The third-order valence-electron chi connectivity index (χ3n) is 2.31. The molecule has 2 heterocycles. The molecule has 1 atom stereocenters. The van der Waals surface area contributed by atoms with E-state index in [1.165, 1.54) is 11.3 Å². The van der Waals surface area contributed by atoms with Crippen LogP contribution in [0.5, 0.6) is 5.75 Å². The monoisotopic (exact) mass is 235 g/mol. The molecule has 0 fully saturated rings. The highest BCUT2D eigenvalue weighted by atomic mass is 32.1. The molecular weight excluding hydrogens is 222 g/mol. The summed E-state index contributed by atoms with van der Waals surface area (Å²) in [6.45, 7) is 1.96. The number of hydrogen-bond acceptors (Lipinski definition) is 4. The van der Waals surface area contributed by atoms with Gasteiger partial charge in [-0.25, -0.2) is 0 Å². The summed E-state index contributed by atoms with van der Waals surface area (Å²) < 4.78 is 5.09. The predicted octanol–water partition coefficient (Wildman–Crippen LogP) is 2.54. The van der Waals surface area contributed by atoms with Gasteiger partial charge in [-0.15, -0.1) is 11.3 Å². The Bertz CT molecular complexity index is 481. The van der Waals surface area contributed by atoms with Gasteiger partial charge in [0.15, 0.2) is 0 Å². The molecule has 0 aliphatic heterocycles. The molecule has 0 amide bonds. The zero-order valence-electron chi connectivity index (χ0n) is 9.18. The number of aryl methyl sites for hydroxylation is 1. The summed E-state index contributed by atoms with van der Waals surface area (Å²) in [6, 6.07) is 3.78. The lowest BCUT2D eigenvalue weighted by atomic mass is 10.1. The van der Waals surface area contributed by atoms with E-state index in [0.29, 0.717) is 0 Å². The molecular formula is C12H13NO2S. The molecule has 84 valence electrons. The van der Waals surface area contributed by atoms with Gasteiger partial charge < -0.3 is 9.84 Å². The molecule has 1 N–H and O–H groups in total. The van der Waals surface area contributed by atoms with Gasteiger partial charge in [-0.2, -0.15) is 0 Å². The largest absolute Gasteiger partial charge is 0.496 e. The first-order chi connectivity index (χ1) is 7.70. The zero-order chi connectivity index (χ0) is 11.5. The molecule has 4 heteroatoms. The molecule has 0 saturated carbocycles. The van der Waals surface area contributed by atoms with Gasteiger partial charge >= 0.3 is 0 Å². The number of nitrogens with zero attached hydrogens (tertiary/aromatic N) is 1. The molecule has 0 spiro atoms. The lowest BCUT2D eigenvalue weighted by Gasteiger charge is -2.08. The van der Waals surface area contributed by atoms with Crippen molar-refractivity contribution in [1.82, 2.24) is 4.98 Å². The third-order valence-corrected chi connectivity index (χ3v) is 3.28. The quantitative estimate of drug-likeness (QED) is 0.889. The van der Waals surface area contributed by atoms with Crippen molar-refractivity contribution in [2.75, 3.05) is 7.11 Å². The van der Waals surface area contributed by atoms with Crippen molar-refractivity contribution in [2.45, 2.75) is 13.0 Å². The van der Waals surface area contributed by atoms with Crippen LogP contribution in [0, 0.1) is 6.92 Å². The average molecular weight is 235 g/mol. The Hall–Kier alpha value is -1.39. The molecule has 1 unspecified atom stereocenters. The van der Waals surface area contributed by atoms with Crippen molar-refractivity contribution in [3.63, 3.8) is 0 Å². The minimum Gasteiger partial charge on any atom is -0.496 e. The van der Waals surface area contributed by atoms with Gasteiger partial charge in [0.2, 0.25) is 0 Å². The maximum Gasteiger partial charge on any atom is 0.129 e. The summed E-state index contributed by atoms with van der Waals surface area (Å²) in [5.74, 6) is 0.777. The predicted molar refractivity (Wildman–Crippen MR) is 63.9 cm³/mol. The number of ether oxygens (including phenoxy) is 1. The van der Waals surface area contributed by atoms with Crippen LogP contribution in [0.1, 0.15) is 22.1 Å². The van der Waals surface area contributed by atoms with E-state index < -0.39 is 6.10 Å². The average Bonchev–Trinajstić information content (AvgIpc) is 2.76. The number of hydrogen-bond donors (Lipinski definition) is 1. The van der Waals surface area contributed by atoms with Gasteiger partial charge in [-0.3, -0.25) is 4.98 Å². The number of aliphatic hydroxyl groups is 1. The first kappa shape index (κ1) is 11.1. The zero-order valence-corrected chi connectivity index (χ0v) is 9.99. The van der Waals surface area contributed by atoms with Crippen LogP contribution in [-0.2, 0) is 0 Å². The molecule has 0 saturated heterocycles. The van der Waals surface area contributed by atoms with Crippen LogP contribution in [0.25, 0.3) is 0 Å². The smallest absolute Gasteiger partial charge is 0.129 e. The van der Waals surface area contributed by atoms with E-state index in [1.807, 2.05) is 24.4 Å². The maximum absolute atomic E-state index is 10.1. The number of pyridine rings is 1. The Morgan fingerprint density at radius 2 is 2.19 bits per heavy atom. The molecule has 16 heavy (non-hydrogen) atoms. The second-order valence-electron chi connectivity index (χ2n) is 3.59. The summed E-state index contributed by atoms with van der Waals surface area (Å²) in [6.07, 6.45) is 2.83. The van der Waals surface area contributed by atoms with Crippen LogP contribution in [0.15, 0.2) is 29.9 Å². The summed E-state index contributed by atoms with van der Waals surface area (Å²) in [4.78, 5) is 4.94. The van der Waals surface area contributed by atoms with Crippen molar-refractivity contribution in [2.24, 2.45) is 0 Å². The molecule has 2 aromatic heterocycles. The third kappa shape index (κ3) is 2.23. The van der Waals surface area contributed by atoms with E-state index in [2.05, 4.69) is 4.98 Å². The molecule has 0 radical (unpaired) electrons. The van der Waals surface area contributed by atoms with Crippen molar-refractivity contribution in [3.05, 3.63) is 45.9 Å². The topological polar surface area (TPSA) is 42.4 Å². The van der Waals surface area contributed by atoms with Crippen molar-refractivity contribution < 1.29 is 9.84 Å². The molecule has 2 rings (SSSR count). The minimum absolute atomic E-state index is 0.624. The lowest BCUT2D eigenvalue weighted by molar-refractivity contribution is 0.223. The van der Waals surface area contributed by atoms with E-state index in [4.69, 9.17) is 4.74 Å². The van der Waals surface area contributed by atoms with Gasteiger partial charge in [0.05, 0.1) is 7.11 Å². The SMILES string of the molecule is COc1csc(C(O)c2cncc(C)c2)c1. The molecule has 2 aromatic rings. The number of thiophene rings is 1. The van der Waals surface area contributed by atoms with Crippen LogP contribution in [0.4, 0.5) is 0 Å². The van der Waals surface area contributed by atoms with Crippen LogP contribution in [0.3, 0.4) is 0 Å². The van der Waals surface area contributed by atoms with Gasteiger partial charge in [0.1, 0.15) is 11.9 Å². The molecule has 0 aromatic carbocycles. The molecule has 3 nitrogen and oxygen atoms in total. The fourth-order valence-electron chi connectivity index (χ4n) is 1.48. The second kappa shape index (κ2) is 4.63. The van der Waals surface area contributed by atoms with E-state index in [0.717, 1.165) is 21.8 Å². The Morgan fingerprint density at radius 3 is 2.81 bits per heavy atom. The number of rotatable bonds is 3. The van der Waals surface area contributed by atoms with Crippen molar-refractivity contribution in [3.8, 4) is 5.75 Å². The standard InChI is InChI=1S/C12H13NO2S/c1-8-3-9(6-13-5-8)12(14)11-4-10(15-2)7-16-11/h3-7,12,14H,1-2H3. The fraction of sp³-hybridized carbons (Fsp3) is 0.250. The van der Waals surface area contributed by atoms with E-state index >= 15 is 0 Å². The van der Waals surface area contributed by atoms with Gasteiger partial charge in [0, 0.05) is 28.2 Å². The van der Waals surface area contributed by atoms with E-state index in [-0.39, 0.29) is 0 Å². The lowest BCUT2D eigenvalue weighted by Crippen LogP contribution is -1.98. The first-order valence-electron chi connectivity index (χ1n) is 4.92. The molecule has 0 aliphatic carbocycles. The Labute approximate surface area is 98.4 Å². The maximum atomic E-state index is 10.1. The second-order valence-corrected chi connectivity index (χ2v) is 4.53. The summed E-state index contributed by atoms with van der Waals surface area (Å²) in [5.41, 5.74) is 1.85. The summed E-state index contributed by atoms with van der Waals surface area (Å²) in [7, 11) is 1.62. The van der Waals surface area contributed by atoms with Crippen LogP contribution in [0.2, 0.25) is 0 Å². The van der Waals surface area contributed by atoms with E-state index in [1.54, 1.807) is 19.5 Å². The molecule has 0 aliphatic rings. The number of aromatic nitrogens is 1. The number of aliphatic hydroxyl groups excluding tert-OH is 1. The molecule has 0 bridgehead atoms. The van der Waals surface area contributed by atoms with Crippen LogP contribution >= 0.6 is 11.3 Å². The van der Waals surface area contributed by atoms with Crippen molar-refractivity contribution >= 4 is 11.3 Å². The van der Waals surface area contributed by atoms with Gasteiger partial charge in [-0.05, 0) is 18.6 Å². The van der Waals surface area contributed by atoms with Crippen LogP contribution in [-0.4, -0.2) is 17.2 Å².